The molecule has 0 fully saturated rings. The third-order valence-electron chi connectivity index (χ3n) is 6.85. The Morgan fingerprint density at radius 1 is 0.436 bits per heavy atom. The molecule has 0 saturated heterocycles. The minimum absolute atomic E-state index is 0.0147. The van der Waals surface area contributed by atoms with Crippen molar-refractivity contribution in [2.24, 2.45) is 0 Å². The van der Waals surface area contributed by atoms with Crippen LogP contribution in [0.25, 0.3) is 45.3 Å². The quantitative estimate of drug-likeness (QED) is 0.231. The van der Waals surface area contributed by atoms with Gasteiger partial charge in [0, 0.05) is 21.7 Å². The van der Waals surface area contributed by atoms with Crippen LogP contribution in [0.4, 0.5) is 0 Å². The minimum atomic E-state index is 0.0147. The maximum atomic E-state index is 6.75. The predicted octanol–water partition coefficient (Wildman–Crippen LogP) is 9.79. The van der Waals surface area contributed by atoms with Gasteiger partial charge < -0.3 is 0 Å². The van der Waals surface area contributed by atoms with Crippen LogP contribution >= 0.6 is 11.6 Å². The number of hydrogen-bond acceptors (Lipinski definition) is 3. The highest BCUT2D eigenvalue weighted by atomic mass is 35.5. The highest BCUT2D eigenvalue weighted by molar-refractivity contribution is 6.31. The van der Waals surface area contributed by atoms with E-state index in [4.69, 9.17) is 26.6 Å². The SMILES string of the molecule is CC(C)(C)c1cc(-c2cc(Cl)cc(-c3nc(-c4ccccc4)nc(-c4ccccc4)n3)c2)cc(C(C)(C)C)c1. The Balaban J connectivity index is 1.70. The molecule has 1 heterocycles. The molecule has 0 amide bonds. The lowest BCUT2D eigenvalue weighted by atomic mass is 9.79. The smallest absolute Gasteiger partial charge is 0.164 e. The molecule has 5 rings (SSSR count). The Kier molecular flexibility index (Phi) is 7.13. The molecule has 1 aromatic heterocycles. The van der Waals surface area contributed by atoms with Gasteiger partial charge in [-0.15, -0.1) is 0 Å². The molecule has 3 nitrogen and oxygen atoms in total. The van der Waals surface area contributed by atoms with Crippen LogP contribution in [0.2, 0.25) is 5.02 Å². The van der Waals surface area contributed by atoms with E-state index in [0.29, 0.717) is 22.5 Å². The van der Waals surface area contributed by atoms with E-state index in [0.717, 1.165) is 27.8 Å². The van der Waals surface area contributed by atoms with Gasteiger partial charge in [-0.25, -0.2) is 15.0 Å². The van der Waals surface area contributed by atoms with Crippen molar-refractivity contribution in [3.63, 3.8) is 0 Å². The number of nitrogens with zero attached hydrogens (tertiary/aromatic N) is 3. The van der Waals surface area contributed by atoms with E-state index >= 15 is 0 Å². The zero-order valence-corrected chi connectivity index (χ0v) is 24.2. The normalized spacial score (nSPS) is 12.0. The third-order valence-corrected chi connectivity index (χ3v) is 7.07. The van der Waals surface area contributed by atoms with Crippen LogP contribution in [0, 0.1) is 0 Å². The molecule has 4 aromatic carbocycles. The van der Waals surface area contributed by atoms with Gasteiger partial charge in [-0.3, -0.25) is 0 Å². The van der Waals surface area contributed by atoms with E-state index < -0.39 is 0 Å². The summed E-state index contributed by atoms with van der Waals surface area (Å²) in [4.78, 5) is 14.6. The number of hydrogen-bond donors (Lipinski definition) is 0. The van der Waals surface area contributed by atoms with E-state index in [9.17, 15) is 0 Å². The van der Waals surface area contributed by atoms with E-state index in [-0.39, 0.29) is 10.8 Å². The first kappa shape index (κ1) is 26.8. The van der Waals surface area contributed by atoms with Crippen LogP contribution in [0.1, 0.15) is 52.7 Å². The fraction of sp³-hybridized carbons (Fsp3) is 0.229. The molecule has 196 valence electrons. The number of aromatic nitrogens is 3. The highest BCUT2D eigenvalue weighted by Crippen LogP contribution is 2.36. The fourth-order valence-electron chi connectivity index (χ4n) is 4.48. The number of benzene rings is 4. The summed E-state index contributed by atoms with van der Waals surface area (Å²) in [5, 5.41) is 0.643. The molecule has 0 aliphatic carbocycles. The monoisotopic (exact) mass is 531 g/mol. The van der Waals surface area contributed by atoms with Crippen LogP contribution in [-0.4, -0.2) is 15.0 Å². The second-order valence-electron chi connectivity index (χ2n) is 12.1. The summed E-state index contributed by atoms with van der Waals surface area (Å²) in [5.41, 5.74) is 7.53. The van der Waals surface area contributed by atoms with Crippen molar-refractivity contribution in [2.45, 2.75) is 52.4 Å². The third kappa shape index (κ3) is 6.10. The van der Waals surface area contributed by atoms with Crippen molar-refractivity contribution in [2.75, 3.05) is 0 Å². The summed E-state index contributed by atoms with van der Waals surface area (Å²) < 4.78 is 0. The lowest BCUT2D eigenvalue weighted by molar-refractivity contribution is 0.569. The van der Waals surface area contributed by atoms with Gasteiger partial charge in [0.2, 0.25) is 0 Å². The van der Waals surface area contributed by atoms with Gasteiger partial charge in [-0.2, -0.15) is 0 Å². The maximum Gasteiger partial charge on any atom is 0.164 e. The predicted molar refractivity (Wildman–Crippen MR) is 164 cm³/mol. The Morgan fingerprint density at radius 3 is 1.26 bits per heavy atom. The van der Waals surface area contributed by atoms with Crippen LogP contribution < -0.4 is 0 Å². The summed E-state index contributed by atoms with van der Waals surface area (Å²) in [6.07, 6.45) is 0. The average molecular weight is 532 g/mol. The van der Waals surface area contributed by atoms with Gasteiger partial charge in [0.25, 0.3) is 0 Å². The molecule has 0 saturated carbocycles. The number of rotatable bonds is 4. The van der Waals surface area contributed by atoms with Gasteiger partial charge in [0.1, 0.15) is 0 Å². The van der Waals surface area contributed by atoms with Crippen LogP contribution in [-0.2, 0) is 10.8 Å². The molecule has 0 spiro atoms. The molecule has 4 heteroatoms. The van der Waals surface area contributed by atoms with E-state index in [1.165, 1.54) is 11.1 Å². The second kappa shape index (κ2) is 10.4. The molecular formula is C35H34ClN3. The molecule has 0 N–H and O–H groups in total. The molecule has 39 heavy (non-hydrogen) atoms. The van der Waals surface area contributed by atoms with E-state index in [1.54, 1.807) is 0 Å². The van der Waals surface area contributed by atoms with Crippen molar-refractivity contribution in [3.8, 4) is 45.3 Å². The van der Waals surface area contributed by atoms with Crippen molar-refractivity contribution in [1.29, 1.82) is 0 Å². The molecule has 0 radical (unpaired) electrons. The Morgan fingerprint density at radius 2 is 0.821 bits per heavy atom. The lowest BCUT2D eigenvalue weighted by Gasteiger charge is -2.26. The Bertz CT molecular complexity index is 1520. The van der Waals surface area contributed by atoms with Crippen molar-refractivity contribution in [3.05, 3.63) is 113 Å². The van der Waals surface area contributed by atoms with Crippen molar-refractivity contribution >= 4 is 11.6 Å². The molecule has 0 bridgehead atoms. The fourth-order valence-corrected chi connectivity index (χ4v) is 4.72. The summed E-state index contributed by atoms with van der Waals surface area (Å²) in [6, 6.07) is 33.0. The standard InChI is InChI=1S/C35H34ClN3/c1-34(2,3)28-18-26(19-29(22-28)35(4,5)6)25-17-27(21-30(36)20-25)33-38-31(23-13-9-7-10-14-23)37-32(39-33)24-15-11-8-12-16-24/h7-22H,1-6H3. The zero-order chi connectivity index (χ0) is 27.8. The first-order valence-electron chi connectivity index (χ1n) is 13.3. The maximum absolute atomic E-state index is 6.75. The zero-order valence-electron chi connectivity index (χ0n) is 23.5. The van der Waals surface area contributed by atoms with Crippen LogP contribution in [0.3, 0.4) is 0 Å². The molecular weight excluding hydrogens is 498 g/mol. The average Bonchev–Trinajstić information content (AvgIpc) is 2.92. The van der Waals surface area contributed by atoms with Gasteiger partial charge in [-0.1, -0.05) is 132 Å². The summed E-state index contributed by atoms with van der Waals surface area (Å²) in [5.74, 6) is 1.85. The first-order valence-corrected chi connectivity index (χ1v) is 13.7. The van der Waals surface area contributed by atoms with Crippen LogP contribution in [0.15, 0.2) is 97.1 Å². The van der Waals surface area contributed by atoms with Crippen molar-refractivity contribution < 1.29 is 0 Å². The van der Waals surface area contributed by atoms with E-state index in [2.05, 4.69) is 65.8 Å². The molecule has 0 unspecified atom stereocenters. The van der Waals surface area contributed by atoms with Gasteiger partial charge >= 0.3 is 0 Å². The number of halogens is 1. The summed E-state index contributed by atoms with van der Waals surface area (Å²) in [7, 11) is 0. The van der Waals surface area contributed by atoms with E-state index in [1.807, 2.05) is 72.8 Å². The van der Waals surface area contributed by atoms with Crippen LogP contribution in [0.5, 0.6) is 0 Å². The van der Waals surface area contributed by atoms with Crippen molar-refractivity contribution in [1.82, 2.24) is 15.0 Å². The summed E-state index contributed by atoms with van der Waals surface area (Å²) >= 11 is 6.75. The largest absolute Gasteiger partial charge is 0.208 e. The summed E-state index contributed by atoms with van der Waals surface area (Å²) in [6.45, 7) is 13.5. The molecule has 0 aliphatic rings. The topological polar surface area (TPSA) is 38.7 Å². The first-order chi connectivity index (χ1) is 18.5. The molecule has 5 aromatic rings. The second-order valence-corrected chi connectivity index (χ2v) is 12.5. The van der Waals surface area contributed by atoms with Gasteiger partial charge in [0.15, 0.2) is 17.5 Å². The Labute approximate surface area is 237 Å². The lowest BCUT2D eigenvalue weighted by Crippen LogP contribution is -2.16. The van der Waals surface area contributed by atoms with Gasteiger partial charge in [0.05, 0.1) is 0 Å². The molecule has 0 aliphatic heterocycles. The Hall–Kier alpha value is -3.82. The minimum Gasteiger partial charge on any atom is -0.208 e. The highest BCUT2D eigenvalue weighted by Gasteiger charge is 2.21. The van der Waals surface area contributed by atoms with Gasteiger partial charge in [-0.05, 0) is 51.3 Å². The molecule has 0 atom stereocenters.